The van der Waals surface area contributed by atoms with E-state index >= 15 is 0 Å². The molecule has 1 aliphatic carbocycles. The van der Waals surface area contributed by atoms with Crippen LogP contribution in [0.5, 0.6) is 5.75 Å². The molecule has 320 valence electrons. The van der Waals surface area contributed by atoms with Gasteiger partial charge < -0.3 is 9.15 Å². The number of rotatable bonds is 8. The molecule has 0 N–H and O–H groups in total. The SMILES string of the molecule is C1=c2oc3ccc(-c4cccc(-c5nc(-c6ccccc6)cc(-c6ccccc6)n5)c4)cc3c2=CC2c3cc(-c4cccc(-c5nc(-c6ccccc6)cc(-c6ccccc6)n5)c4)ccc3O[C@H]12. The largest absolute Gasteiger partial charge is 0.485 e. The summed E-state index contributed by atoms with van der Waals surface area (Å²) in [5.41, 5.74) is 16.8. The second-order valence-electron chi connectivity index (χ2n) is 17.3. The van der Waals surface area contributed by atoms with E-state index in [9.17, 15) is 0 Å². The van der Waals surface area contributed by atoms with Gasteiger partial charge >= 0.3 is 0 Å². The highest BCUT2D eigenvalue weighted by atomic mass is 16.5. The standard InChI is InChI=1S/C62H40N4O2/c1-5-15-39(16-6-1)53-36-54(40-17-7-2-8-18-40)64-61(63-53)47-25-13-23-43(31-47)45-27-29-57-49(33-45)51-35-52-50-34-46(28-30-58(50)68-60(52)38-59(51)67-57)44-24-14-26-48(32-44)62-65-55(41-19-9-3-10-20-41)37-56(66-62)42-21-11-4-12-22-42/h1-38,51,59H/t51?,59-/m1/s1. The predicted molar refractivity (Wildman–Crippen MR) is 273 cm³/mol. The fraction of sp³-hybridized carbons (Fsp3) is 0.0323. The molecule has 2 atom stereocenters. The third-order valence-corrected chi connectivity index (χ3v) is 13.0. The van der Waals surface area contributed by atoms with Crippen LogP contribution in [0.1, 0.15) is 11.5 Å². The summed E-state index contributed by atoms with van der Waals surface area (Å²) in [6.07, 6.45) is 4.30. The van der Waals surface area contributed by atoms with E-state index in [1.807, 2.05) is 72.8 Å². The Hall–Kier alpha value is -9.00. The van der Waals surface area contributed by atoms with E-state index in [0.717, 1.165) is 111 Å². The van der Waals surface area contributed by atoms with E-state index in [2.05, 4.69) is 158 Å². The van der Waals surface area contributed by atoms with Gasteiger partial charge in [0.1, 0.15) is 22.9 Å². The van der Waals surface area contributed by atoms with Crippen molar-refractivity contribution in [2.45, 2.75) is 12.0 Å². The Balaban J connectivity index is 0.842. The van der Waals surface area contributed by atoms with Crippen LogP contribution in [-0.4, -0.2) is 26.0 Å². The molecule has 1 aliphatic heterocycles. The third-order valence-electron chi connectivity index (χ3n) is 13.0. The highest BCUT2D eigenvalue weighted by molar-refractivity contribution is 5.87. The highest BCUT2D eigenvalue weighted by Crippen LogP contribution is 2.43. The van der Waals surface area contributed by atoms with Crippen LogP contribution in [-0.2, 0) is 0 Å². The minimum atomic E-state index is -0.172. The van der Waals surface area contributed by atoms with Gasteiger partial charge in [-0.2, -0.15) is 0 Å². The van der Waals surface area contributed by atoms with E-state index in [0.29, 0.717) is 11.6 Å². The maximum Gasteiger partial charge on any atom is 0.160 e. The van der Waals surface area contributed by atoms with Gasteiger partial charge in [-0.05, 0) is 70.8 Å². The fourth-order valence-electron chi connectivity index (χ4n) is 9.61. The first-order valence-corrected chi connectivity index (χ1v) is 22.9. The summed E-state index contributed by atoms with van der Waals surface area (Å²) in [7, 11) is 0. The first-order valence-electron chi connectivity index (χ1n) is 22.9. The molecule has 68 heavy (non-hydrogen) atoms. The molecule has 11 aromatic rings. The molecule has 6 nitrogen and oxygen atoms in total. The number of benzene rings is 8. The summed E-state index contributed by atoms with van der Waals surface area (Å²) in [5, 5.41) is 2.15. The van der Waals surface area contributed by atoms with Crippen molar-refractivity contribution in [2.24, 2.45) is 0 Å². The summed E-state index contributed by atoms with van der Waals surface area (Å²) >= 11 is 0. The maximum atomic E-state index is 6.60. The van der Waals surface area contributed by atoms with Crippen LogP contribution in [0.2, 0.25) is 0 Å². The van der Waals surface area contributed by atoms with Gasteiger partial charge in [-0.15, -0.1) is 0 Å². The Morgan fingerprint density at radius 3 is 1.26 bits per heavy atom. The second kappa shape index (κ2) is 16.5. The molecule has 4 heterocycles. The van der Waals surface area contributed by atoms with Crippen molar-refractivity contribution in [1.29, 1.82) is 0 Å². The third kappa shape index (κ3) is 7.25. The lowest BCUT2D eigenvalue weighted by Crippen LogP contribution is -2.32. The Morgan fingerprint density at radius 2 is 0.765 bits per heavy atom. The molecule has 6 heteroatoms. The monoisotopic (exact) mass is 872 g/mol. The Morgan fingerprint density at radius 1 is 0.338 bits per heavy atom. The van der Waals surface area contributed by atoms with Gasteiger partial charge in [-0.3, -0.25) is 0 Å². The van der Waals surface area contributed by atoms with Gasteiger partial charge in [-0.1, -0.05) is 176 Å². The molecule has 3 aromatic heterocycles. The van der Waals surface area contributed by atoms with Crippen molar-refractivity contribution in [3.05, 3.63) is 235 Å². The number of ether oxygens (including phenoxy) is 1. The van der Waals surface area contributed by atoms with Crippen LogP contribution in [0.4, 0.5) is 0 Å². The van der Waals surface area contributed by atoms with Crippen molar-refractivity contribution >= 4 is 23.1 Å². The van der Waals surface area contributed by atoms with E-state index in [4.69, 9.17) is 29.1 Å². The summed E-state index contributed by atoms with van der Waals surface area (Å²) < 4.78 is 13.1. The van der Waals surface area contributed by atoms with E-state index in [1.54, 1.807) is 0 Å². The quantitative estimate of drug-likeness (QED) is 0.151. The molecule has 13 rings (SSSR count). The number of aromatic nitrogens is 4. The number of nitrogens with zero attached hydrogens (tertiary/aromatic N) is 4. The van der Waals surface area contributed by atoms with Crippen molar-refractivity contribution in [1.82, 2.24) is 19.9 Å². The summed E-state index contributed by atoms with van der Waals surface area (Å²) in [6, 6.07) is 75.3. The summed E-state index contributed by atoms with van der Waals surface area (Å²) in [5.74, 6) is 2.26. The molecule has 8 aromatic carbocycles. The average molecular weight is 873 g/mol. The molecule has 0 saturated heterocycles. The van der Waals surface area contributed by atoms with Gasteiger partial charge in [0.05, 0.1) is 22.8 Å². The van der Waals surface area contributed by atoms with Crippen molar-refractivity contribution in [3.8, 4) is 95.8 Å². The lowest BCUT2D eigenvalue weighted by atomic mass is 9.89. The van der Waals surface area contributed by atoms with Crippen LogP contribution in [0.15, 0.2) is 223 Å². The molecular weight excluding hydrogens is 833 g/mol. The molecule has 0 bridgehead atoms. The Kier molecular flexibility index (Phi) is 9.53. The van der Waals surface area contributed by atoms with Crippen molar-refractivity contribution in [2.75, 3.05) is 0 Å². The zero-order valence-corrected chi connectivity index (χ0v) is 36.7. The molecule has 2 aliphatic rings. The first-order chi connectivity index (χ1) is 33.6. The van der Waals surface area contributed by atoms with E-state index in [-0.39, 0.29) is 12.0 Å². The van der Waals surface area contributed by atoms with Gasteiger partial charge in [0.15, 0.2) is 11.6 Å². The zero-order valence-electron chi connectivity index (χ0n) is 36.7. The molecule has 0 amide bonds. The second-order valence-corrected chi connectivity index (χ2v) is 17.3. The lowest BCUT2D eigenvalue weighted by molar-refractivity contribution is 0.286. The van der Waals surface area contributed by atoms with Gasteiger partial charge in [-0.25, -0.2) is 19.9 Å². The molecule has 0 spiro atoms. The molecular formula is C62H40N4O2. The zero-order chi connectivity index (χ0) is 45.0. The average Bonchev–Trinajstić information content (AvgIpc) is 3.97. The molecule has 0 fully saturated rings. The van der Waals surface area contributed by atoms with Crippen LogP contribution >= 0.6 is 0 Å². The van der Waals surface area contributed by atoms with Gasteiger partial charge in [0, 0.05) is 61.5 Å². The number of furan rings is 1. The topological polar surface area (TPSA) is 73.9 Å². The van der Waals surface area contributed by atoms with Crippen molar-refractivity contribution in [3.63, 3.8) is 0 Å². The van der Waals surface area contributed by atoms with Crippen molar-refractivity contribution < 1.29 is 9.15 Å². The summed E-state index contributed by atoms with van der Waals surface area (Å²) in [6.45, 7) is 0. The van der Waals surface area contributed by atoms with Crippen LogP contribution in [0.3, 0.4) is 0 Å². The molecule has 0 saturated carbocycles. The van der Waals surface area contributed by atoms with Crippen LogP contribution in [0.25, 0.3) is 113 Å². The number of fused-ring (bicyclic) bond motifs is 6. The summed E-state index contributed by atoms with van der Waals surface area (Å²) in [4.78, 5) is 20.4. The van der Waals surface area contributed by atoms with Crippen LogP contribution in [0, 0.1) is 0 Å². The normalized spacial score (nSPS) is 14.5. The first kappa shape index (κ1) is 39.4. The molecule has 1 unspecified atom stereocenters. The minimum absolute atomic E-state index is 0.0144. The predicted octanol–water partition coefficient (Wildman–Crippen LogP) is 13.5. The van der Waals surface area contributed by atoms with Crippen LogP contribution < -0.4 is 15.4 Å². The lowest BCUT2D eigenvalue weighted by Gasteiger charge is -2.14. The number of hydrogen-bond acceptors (Lipinski definition) is 6. The molecule has 0 radical (unpaired) electrons. The Bertz CT molecular complexity index is 3720. The van der Waals surface area contributed by atoms with E-state index < -0.39 is 0 Å². The number of hydrogen-bond donors (Lipinski definition) is 0. The fourth-order valence-corrected chi connectivity index (χ4v) is 9.61. The van der Waals surface area contributed by atoms with Gasteiger partial charge in [0.2, 0.25) is 0 Å². The highest BCUT2D eigenvalue weighted by Gasteiger charge is 2.34. The van der Waals surface area contributed by atoms with E-state index in [1.165, 1.54) is 0 Å². The Labute approximate surface area is 392 Å². The van der Waals surface area contributed by atoms with Gasteiger partial charge in [0.25, 0.3) is 0 Å². The maximum absolute atomic E-state index is 6.60. The minimum Gasteiger partial charge on any atom is -0.485 e. The smallest absolute Gasteiger partial charge is 0.160 e.